The summed E-state index contributed by atoms with van der Waals surface area (Å²) >= 11 is 9.80. The molecule has 0 aliphatic rings. The molecule has 0 spiro atoms. The van der Waals surface area contributed by atoms with Gasteiger partial charge in [-0.25, -0.2) is 0 Å². The zero-order valence-corrected chi connectivity index (χ0v) is 24.3. The molecule has 0 unspecified atom stereocenters. The van der Waals surface area contributed by atoms with E-state index in [4.69, 9.17) is 0 Å². The summed E-state index contributed by atoms with van der Waals surface area (Å²) in [6.07, 6.45) is 4.65. The van der Waals surface area contributed by atoms with Gasteiger partial charge in [0.2, 0.25) is 0 Å². The van der Waals surface area contributed by atoms with Crippen molar-refractivity contribution >= 4 is 66.4 Å². The Hall–Kier alpha value is -1.98. The molecule has 180 valence electrons. The molecule has 3 aromatic rings. The Bertz CT molecular complexity index is 998. The molecule has 0 aliphatic carbocycles. The average molecular weight is 698 g/mol. The van der Waals surface area contributed by atoms with Crippen molar-refractivity contribution in [3.63, 3.8) is 0 Å². The molecular weight excluding hydrogens is 677 g/mol. The van der Waals surface area contributed by atoms with Gasteiger partial charge in [0.05, 0.1) is 0 Å². The minimum atomic E-state index is -0.00111. The van der Waals surface area contributed by atoms with E-state index in [2.05, 4.69) is 62.8 Å². The molecule has 0 heterocycles. The maximum atomic E-state index is 11.0. The smallest absolute Gasteiger partial charge is 0.872 e. The zero-order valence-electron chi connectivity index (χ0n) is 18.5. The Morgan fingerprint density at radius 1 is 0.529 bits per heavy atom. The fourth-order valence-electron chi connectivity index (χ4n) is 2.28. The predicted octanol–water partition coefficient (Wildman–Crippen LogP) is 4.71. The van der Waals surface area contributed by atoms with E-state index in [0.29, 0.717) is 16.7 Å². The van der Waals surface area contributed by atoms with Gasteiger partial charge in [0.1, 0.15) is 0 Å². The van der Waals surface area contributed by atoms with Crippen LogP contribution in [0.4, 0.5) is 0 Å². The van der Waals surface area contributed by atoms with Crippen molar-refractivity contribution in [2.45, 2.75) is 0 Å². The first-order chi connectivity index (χ1) is 15.7. The fourth-order valence-corrected chi connectivity index (χ4v) is 3.41. The molecule has 34 heavy (non-hydrogen) atoms. The number of benzene rings is 3. The molecule has 0 amide bonds. The van der Waals surface area contributed by atoms with Crippen LogP contribution < -0.4 is 15.3 Å². The first kappa shape index (κ1) is 32.0. The molecule has 3 aromatic carbocycles. The molecule has 0 saturated heterocycles. The molecule has 0 aromatic heterocycles. The SMILES string of the molecule is CN=Cc1cc(Br)ccc1[O-].CN=Cc1cc(Br)ccc1[O-].CN=Cc1cc(Br)ccc1[O-].[Co+3]. The zero-order chi connectivity index (χ0) is 24.8. The summed E-state index contributed by atoms with van der Waals surface area (Å²) in [6.45, 7) is 0. The molecule has 0 bridgehead atoms. The number of rotatable bonds is 3. The third kappa shape index (κ3) is 11.9. The minimum absolute atomic E-state index is 0. The Labute approximate surface area is 235 Å². The number of halogens is 3. The van der Waals surface area contributed by atoms with Crippen molar-refractivity contribution in [3.05, 3.63) is 84.7 Å². The molecule has 6 nitrogen and oxygen atoms in total. The van der Waals surface area contributed by atoms with Gasteiger partial charge in [0.15, 0.2) is 0 Å². The topological polar surface area (TPSA) is 106 Å². The van der Waals surface area contributed by atoms with Crippen LogP contribution in [-0.4, -0.2) is 39.8 Å². The van der Waals surface area contributed by atoms with Gasteiger partial charge in [-0.3, -0.25) is 15.0 Å². The normalized spacial score (nSPS) is 10.4. The van der Waals surface area contributed by atoms with E-state index in [9.17, 15) is 15.3 Å². The van der Waals surface area contributed by atoms with Crippen LogP contribution in [0.15, 0.2) is 83.0 Å². The summed E-state index contributed by atoms with van der Waals surface area (Å²) in [5.74, 6) is -0.00333. The van der Waals surface area contributed by atoms with Crippen LogP contribution in [0.3, 0.4) is 0 Å². The fraction of sp³-hybridized carbons (Fsp3) is 0.125. The van der Waals surface area contributed by atoms with E-state index >= 15 is 0 Å². The molecule has 3 rings (SSSR count). The number of hydrogen-bond donors (Lipinski definition) is 0. The van der Waals surface area contributed by atoms with E-state index in [1.54, 1.807) is 76.2 Å². The van der Waals surface area contributed by atoms with Crippen LogP contribution in [0.1, 0.15) is 16.7 Å². The number of nitrogens with zero attached hydrogens (tertiary/aromatic N) is 3. The minimum Gasteiger partial charge on any atom is -0.872 e. The average Bonchev–Trinajstić information content (AvgIpc) is 2.77. The van der Waals surface area contributed by atoms with Crippen LogP contribution in [0.25, 0.3) is 0 Å². The second kappa shape index (κ2) is 17.5. The number of aliphatic imine (C=N–C) groups is 3. The van der Waals surface area contributed by atoms with Gasteiger partial charge in [-0.1, -0.05) is 83.2 Å². The Kier molecular flexibility index (Phi) is 16.4. The molecule has 0 saturated carbocycles. The standard InChI is InChI=1S/3C8H8BrNO.Co/c3*1-10-5-6-4-7(9)2-3-8(6)11;/h3*2-5,11H,1H3;/q;;;+3/p-3. The van der Waals surface area contributed by atoms with Crippen LogP contribution >= 0.6 is 47.8 Å². The Morgan fingerprint density at radius 3 is 0.971 bits per heavy atom. The molecule has 0 atom stereocenters. The Balaban J connectivity index is 0.000000473. The maximum Gasteiger partial charge on any atom is 3.00 e. The molecule has 0 N–H and O–H groups in total. The first-order valence-electron chi connectivity index (χ1n) is 9.38. The largest absolute Gasteiger partial charge is 3.00 e. The van der Waals surface area contributed by atoms with E-state index in [1.807, 2.05) is 0 Å². The Morgan fingerprint density at radius 2 is 0.765 bits per heavy atom. The van der Waals surface area contributed by atoms with Gasteiger partial charge in [-0.05, 0) is 53.1 Å². The molecule has 0 radical (unpaired) electrons. The van der Waals surface area contributed by atoms with Gasteiger partial charge in [0, 0.05) is 53.2 Å². The van der Waals surface area contributed by atoms with Gasteiger partial charge < -0.3 is 15.3 Å². The summed E-state index contributed by atoms with van der Waals surface area (Å²) < 4.78 is 2.69. The summed E-state index contributed by atoms with van der Waals surface area (Å²) in [7, 11) is 4.92. The van der Waals surface area contributed by atoms with Crippen LogP contribution in [0, 0.1) is 0 Å². The molecule has 0 fully saturated rings. The summed E-state index contributed by atoms with van der Waals surface area (Å²) in [4.78, 5) is 11.3. The van der Waals surface area contributed by atoms with E-state index in [1.165, 1.54) is 18.2 Å². The first-order valence-corrected chi connectivity index (χ1v) is 11.8. The molecule has 10 heteroatoms. The second-order valence-electron chi connectivity index (χ2n) is 6.21. The van der Waals surface area contributed by atoms with Gasteiger partial charge >= 0.3 is 16.8 Å². The van der Waals surface area contributed by atoms with Gasteiger partial charge in [0.25, 0.3) is 0 Å². The van der Waals surface area contributed by atoms with Crippen LogP contribution in [-0.2, 0) is 16.8 Å². The van der Waals surface area contributed by atoms with Crippen molar-refractivity contribution in [2.24, 2.45) is 15.0 Å². The third-order valence-corrected chi connectivity index (χ3v) is 5.20. The van der Waals surface area contributed by atoms with Gasteiger partial charge in [-0.2, -0.15) is 0 Å². The van der Waals surface area contributed by atoms with Crippen molar-refractivity contribution in [1.29, 1.82) is 0 Å². The molecular formula is C24H21Br3CoN3O3. The monoisotopic (exact) mass is 695 g/mol. The second-order valence-corrected chi connectivity index (χ2v) is 8.96. The summed E-state index contributed by atoms with van der Waals surface area (Å²) in [5.41, 5.74) is 1.84. The van der Waals surface area contributed by atoms with E-state index in [0.717, 1.165) is 13.4 Å². The van der Waals surface area contributed by atoms with Crippen LogP contribution in [0.5, 0.6) is 17.2 Å². The quantitative estimate of drug-likeness (QED) is 0.370. The van der Waals surface area contributed by atoms with E-state index < -0.39 is 0 Å². The predicted molar refractivity (Wildman–Crippen MR) is 141 cm³/mol. The van der Waals surface area contributed by atoms with Crippen LogP contribution in [0.2, 0.25) is 0 Å². The van der Waals surface area contributed by atoms with E-state index in [-0.39, 0.29) is 34.0 Å². The van der Waals surface area contributed by atoms with Crippen molar-refractivity contribution in [1.82, 2.24) is 0 Å². The maximum absolute atomic E-state index is 11.0. The summed E-state index contributed by atoms with van der Waals surface area (Å²) in [5, 5.41) is 33.1. The van der Waals surface area contributed by atoms with Crippen molar-refractivity contribution in [3.8, 4) is 17.2 Å². The number of hydrogen-bond acceptors (Lipinski definition) is 6. The van der Waals surface area contributed by atoms with Crippen molar-refractivity contribution in [2.75, 3.05) is 21.1 Å². The van der Waals surface area contributed by atoms with Gasteiger partial charge in [-0.15, -0.1) is 0 Å². The molecule has 0 aliphatic heterocycles. The third-order valence-electron chi connectivity index (χ3n) is 3.72. The summed E-state index contributed by atoms with van der Waals surface area (Å²) in [6, 6.07) is 14.9. The van der Waals surface area contributed by atoms with Crippen molar-refractivity contribution < 1.29 is 32.1 Å².